The van der Waals surface area contributed by atoms with E-state index >= 15 is 0 Å². The largest absolute Gasteiger partial charge is 0.369 e. The van der Waals surface area contributed by atoms with Gasteiger partial charge in [-0.1, -0.05) is 34.8 Å². The Morgan fingerprint density at radius 1 is 1.22 bits per heavy atom. The zero-order valence-corrected chi connectivity index (χ0v) is 11.7. The standard InChI is InChI=1S/C11H11Cl3N4/c12-8-7-9(13)11(17-10(8)14)15-3-1-5-18-6-2-4-16-18/h2,4,6-7H,1,3,5H2,(H,15,17). The minimum absolute atomic E-state index is 0.246. The maximum absolute atomic E-state index is 5.99. The predicted molar refractivity (Wildman–Crippen MR) is 74.6 cm³/mol. The van der Waals surface area contributed by atoms with Crippen LogP contribution in [0.1, 0.15) is 6.42 Å². The Bertz CT molecular complexity index is 513. The Labute approximate surface area is 120 Å². The third-order valence-corrected chi connectivity index (χ3v) is 3.26. The highest BCUT2D eigenvalue weighted by molar-refractivity contribution is 6.42. The minimum atomic E-state index is 0.246. The van der Waals surface area contributed by atoms with Gasteiger partial charge in [-0.2, -0.15) is 5.10 Å². The molecule has 2 heterocycles. The Balaban J connectivity index is 1.85. The average molecular weight is 306 g/mol. The lowest BCUT2D eigenvalue weighted by Crippen LogP contribution is -2.08. The van der Waals surface area contributed by atoms with E-state index in [0.717, 1.165) is 19.5 Å². The van der Waals surface area contributed by atoms with Gasteiger partial charge in [0.25, 0.3) is 0 Å². The Hall–Kier alpha value is -0.970. The number of anilines is 1. The number of rotatable bonds is 5. The van der Waals surface area contributed by atoms with E-state index in [9.17, 15) is 0 Å². The van der Waals surface area contributed by atoms with Crippen molar-refractivity contribution >= 4 is 40.6 Å². The quantitative estimate of drug-likeness (QED) is 0.676. The summed E-state index contributed by atoms with van der Waals surface area (Å²) in [4.78, 5) is 4.07. The van der Waals surface area contributed by atoms with E-state index in [0.29, 0.717) is 15.9 Å². The van der Waals surface area contributed by atoms with Crippen molar-refractivity contribution in [1.29, 1.82) is 0 Å². The molecule has 96 valence electrons. The number of halogens is 3. The molecule has 0 saturated heterocycles. The molecule has 0 unspecified atom stereocenters. The van der Waals surface area contributed by atoms with Gasteiger partial charge in [-0.05, 0) is 18.6 Å². The summed E-state index contributed by atoms with van der Waals surface area (Å²) >= 11 is 17.6. The lowest BCUT2D eigenvalue weighted by atomic mass is 10.4. The molecular formula is C11H11Cl3N4. The molecule has 0 saturated carbocycles. The Morgan fingerprint density at radius 2 is 2.06 bits per heavy atom. The van der Waals surface area contributed by atoms with Gasteiger partial charge in [0.05, 0.1) is 10.0 Å². The van der Waals surface area contributed by atoms with E-state index in [4.69, 9.17) is 34.8 Å². The molecule has 0 aliphatic rings. The molecule has 2 aromatic heterocycles. The number of hydrogen-bond acceptors (Lipinski definition) is 3. The fraction of sp³-hybridized carbons (Fsp3) is 0.273. The molecule has 0 bridgehead atoms. The lowest BCUT2D eigenvalue weighted by Gasteiger charge is -2.08. The highest BCUT2D eigenvalue weighted by atomic mass is 35.5. The minimum Gasteiger partial charge on any atom is -0.369 e. The van der Waals surface area contributed by atoms with Crippen LogP contribution >= 0.6 is 34.8 Å². The maximum Gasteiger partial charge on any atom is 0.150 e. The lowest BCUT2D eigenvalue weighted by molar-refractivity contribution is 0.591. The number of aryl methyl sites for hydroxylation is 1. The molecule has 0 aromatic carbocycles. The third kappa shape index (κ3) is 3.51. The summed E-state index contributed by atoms with van der Waals surface area (Å²) < 4.78 is 1.87. The molecule has 0 aliphatic heterocycles. The van der Waals surface area contributed by atoms with Crippen LogP contribution in [0.4, 0.5) is 5.82 Å². The van der Waals surface area contributed by atoms with E-state index < -0.39 is 0 Å². The van der Waals surface area contributed by atoms with Crippen LogP contribution in [0.15, 0.2) is 24.5 Å². The van der Waals surface area contributed by atoms with Gasteiger partial charge in [-0.25, -0.2) is 4.98 Å². The van der Waals surface area contributed by atoms with Crippen LogP contribution in [0, 0.1) is 0 Å². The van der Waals surface area contributed by atoms with Gasteiger partial charge in [0, 0.05) is 25.5 Å². The van der Waals surface area contributed by atoms with E-state index in [1.54, 1.807) is 12.3 Å². The molecular weight excluding hydrogens is 295 g/mol. The SMILES string of the molecule is Clc1cc(Cl)c(NCCCn2cccn2)nc1Cl. The van der Waals surface area contributed by atoms with Gasteiger partial charge in [-0.3, -0.25) is 4.68 Å². The van der Waals surface area contributed by atoms with Crippen LogP contribution in [-0.4, -0.2) is 21.3 Å². The molecule has 0 amide bonds. The monoisotopic (exact) mass is 304 g/mol. The summed E-state index contributed by atoms with van der Waals surface area (Å²) in [6.07, 6.45) is 4.58. The van der Waals surface area contributed by atoms with Gasteiger partial charge in [0.15, 0.2) is 0 Å². The first kappa shape index (κ1) is 13.5. The first-order valence-electron chi connectivity index (χ1n) is 5.39. The molecule has 4 nitrogen and oxygen atoms in total. The van der Waals surface area contributed by atoms with Crippen molar-refractivity contribution < 1.29 is 0 Å². The van der Waals surface area contributed by atoms with Crippen molar-refractivity contribution in [3.05, 3.63) is 39.7 Å². The van der Waals surface area contributed by atoms with Crippen LogP contribution in [0.2, 0.25) is 15.2 Å². The van der Waals surface area contributed by atoms with E-state index in [2.05, 4.69) is 15.4 Å². The van der Waals surface area contributed by atoms with Crippen molar-refractivity contribution in [3.63, 3.8) is 0 Å². The summed E-state index contributed by atoms with van der Waals surface area (Å²) in [5.74, 6) is 0.548. The fourth-order valence-corrected chi connectivity index (χ4v) is 2.01. The summed E-state index contributed by atoms with van der Waals surface area (Å²) in [6, 6.07) is 3.47. The second-order valence-corrected chi connectivity index (χ2v) is 4.81. The molecule has 0 fully saturated rings. The zero-order valence-electron chi connectivity index (χ0n) is 9.41. The second kappa shape index (κ2) is 6.27. The van der Waals surface area contributed by atoms with E-state index in [-0.39, 0.29) is 5.15 Å². The van der Waals surface area contributed by atoms with Crippen LogP contribution in [0.25, 0.3) is 0 Å². The molecule has 1 N–H and O–H groups in total. The summed E-state index contributed by atoms with van der Waals surface area (Å²) in [5, 5.41) is 8.29. The molecule has 0 spiro atoms. The van der Waals surface area contributed by atoms with Crippen molar-refractivity contribution in [1.82, 2.24) is 14.8 Å². The molecule has 0 atom stereocenters. The first-order valence-corrected chi connectivity index (χ1v) is 6.53. The Kier molecular flexibility index (Phi) is 4.69. The van der Waals surface area contributed by atoms with E-state index in [1.807, 2.05) is 16.9 Å². The number of pyridine rings is 1. The molecule has 18 heavy (non-hydrogen) atoms. The van der Waals surface area contributed by atoms with Crippen molar-refractivity contribution in [2.75, 3.05) is 11.9 Å². The zero-order chi connectivity index (χ0) is 13.0. The summed E-state index contributed by atoms with van der Waals surface area (Å²) in [5.41, 5.74) is 0. The van der Waals surface area contributed by atoms with Crippen molar-refractivity contribution in [2.45, 2.75) is 13.0 Å². The maximum atomic E-state index is 5.99. The smallest absolute Gasteiger partial charge is 0.150 e. The first-order chi connectivity index (χ1) is 8.66. The number of nitrogens with zero attached hydrogens (tertiary/aromatic N) is 3. The summed E-state index contributed by atoms with van der Waals surface area (Å²) in [7, 11) is 0. The number of hydrogen-bond donors (Lipinski definition) is 1. The predicted octanol–water partition coefficient (Wildman–Crippen LogP) is 3.74. The van der Waals surface area contributed by atoms with Gasteiger partial charge in [-0.15, -0.1) is 0 Å². The van der Waals surface area contributed by atoms with Gasteiger partial charge < -0.3 is 5.32 Å². The highest BCUT2D eigenvalue weighted by Gasteiger charge is 2.06. The van der Waals surface area contributed by atoms with Gasteiger partial charge in [0.2, 0.25) is 0 Å². The van der Waals surface area contributed by atoms with Crippen molar-refractivity contribution in [2.24, 2.45) is 0 Å². The fourth-order valence-electron chi connectivity index (χ4n) is 1.45. The molecule has 0 radical (unpaired) electrons. The van der Waals surface area contributed by atoms with Gasteiger partial charge >= 0.3 is 0 Å². The van der Waals surface area contributed by atoms with E-state index in [1.165, 1.54) is 0 Å². The number of nitrogens with one attached hydrogen (secondary N) is 1. The molecule has 2 aromatic rings. The summed E-state index contributed by atoms with van der Waals surface area (Å²) in [6.45, 7) is 1.56. The van der Waals surface area contributed by atoms with Crippen LogP contribution in [0.3, 0.4) is 0 Å². The molecule has 7 heteroatoms. The molecule has 0 aliphatic carbocycles. The number of aromatic nitrogens is 3. The van der Waals surface area contributed by atoms with Crippen molar-refractivity contribution in [3.8, 4) is 0 Å². The second-order valence-electron chi connectivity index (χ2n) is 3.64. The van der Waals surface area contributed by atoms with Crippen LogP contribution < -0.4 is 5.32 Å². The molecule has 2 rings (SSSR count). The van der Waals surface area contributed by atoms with Crippen LogP contribution in [0.5, 0.6) is 0 Å². The van der Waals surface area contributed by atoms with Gasteiger partial charge in [0.1, 0.15) is 11.0 Å². The van der Waals surface area contributed by atoms with Crippen LogP contribution in [-0.2, 0) is 6.54 Å². The third-order valence-electron chi connectivity index (χ3n) is 2.30. The topological polar surface area (TPSA) is 42.7 Å². The highest BCUT2D eigenvalue weighted by Crippen LogP contribution is 2.28. The average Bonchev–Trinajstić information content (AvgIpc) is 2.84. The Morgan fingerprint density at radius 3 is 2.78 bits per heavy atom. The normalized spacial score (nSPS) is 10.6.